The number of likely N-dealkylation sites (N-methyl/N-ethyl adjacent to an activating group) is 1. The Morgan fingerprint density at radius 2 is 1.93 bits per heavy atom. The fourth-order valence-electron chi connectivity index (χ4n) is 5.73. The van der Waals surface area contributed by atoms with Crippen molar-refractivity contribution in [1.29, 1.82) is 0 Å². The van der Waals surface area contributed by atoms with E-state index in [0.717, 1.165) is 65.3 Å². The maximum atomic E-state index is 11.2. The van der Waals surface area contributed by atoms with E-state index >= 15 is 0 Å². The molecule has 11 heteroatoms. The summed E-state index contributed by atoms with van der Waals surface area (Å²) in [4.78, 5) is 29.9. The van der Waals surface area contributed by atoms with Gasteiger partial charge in [0.2, 0.25) is 12.5 Å². The molecule has 44 heavy (non-hydrogen) atoms. The Labute approximate surface area is 273 Å². The molecule has 2 aliphatic rings. The molecule has 2 N–H and O–H groups in total. The number of nitrogen functional groups attached to an aromatic ring is 1. The third-order valence-electron chi connectivity index (χ3n) is 8.02. The Kier molecular flexibility index (Phi) is 13.6. The summed E-state index contributed by atoms with van der Waals surface area (Å²) >= 11 is 6.56. The molecule has 0 unspecified atom stereocenters. The van der Waals surface area contributed by atoms with Crippen molar-refractivity contribution in [2.75, 3.05) is 56.5 Å². The second-order valence-corrected chi connectivity index (χ2v) is 11.3. The second kappa shape index (κ2) is 17.1. The van der Waals surface area contributed by atoms with E-state index in [4.69, 9.17) is 33.6 Å². The molecule has 1 atom stereocenters. The van der Waals surface area contributed by atoms with Crippen molar-refractivity contribution in [2.45, 2.75) is 52.1 Å². The first kappa shape index (κ1) is 35.0. The SMILES string of the molecule is Nc1nc(OCCN2CCCCC2)nc2c1CCN(c1cccc3cccc(Cl)c13)C2.S.[C-]#[N+]C[C@@H](C)N(CC)C(=O)C=C. The number of nitrogens with two attached hydrogens (primary N) is 1. The number of ether oxygens (including phenoxy) is 1. The van der Waals surface area contributed by atoms with Gasteiger partial charge in [0.25, 0.3) is 0 Å². The molecule has 0 aliphatic carbocycles. The lowest BCUT2D eigenvalue weighted by molar-refractivity contribution is -0.127. The van der Waals surface area contributed by atoms with Crippen LogP contribution < -0.4 is 15.4 Å². The fourth-order valence-corrected chi connectivity index (χ4v) is 6.01. The number of carbonyl (C=O) groups is 1. The first-order valence-corrected chi connectivity index (χ1v) is 15.4. The lowest BCUT2D eigenvalue weighted by Gasteiger charge is -2.31. The van der Waals surface area contributed by atoms with E-state index in [1.807, 2.05) is 26.0 Å². The van der Waals surface area contributed by atoms with Crippen molar-refractivity contribution in [3.63, 3.8) is 0 Å². The van der Waals surface area contributed by atoms with Crippen molar-refractivity contribution in [3.8, 4) is 6.01 Å². The van der Waals surface area contributed by atoms with Crippen LogP contribution in [-0.2, 0) is 17.8 Å². The van der Waals surface area contributed by atoms with E-state index in [1.54, 1.807) is 4.90 Å². The average Bonchev–Trinajstić information content (AvgIpc) is 3.02. The van der Waals surface area contributed by atoms with Crippen LogP contribution in [0.5, 0.6) is 6.01 Å². The van der Waals surface area contributed by atoms with E-state index < -0.39 is 0 Å². The van der Waals surface area contributed by atoms with Gasteiger partial charge in [-0.05, 0) is 69.8 Å². The molecule has 1 aromatic heterocycles. The summed E-state index contributed by atoms with van der Waals surface area (Å²) in [5, 5.41) is 2.98. The monoisotopic (exact) mass is 637 g/mol. The number of likely N-dealkylation sites (tertiary alicyclic amines) is 1. The van der Waals surface area contributed by atoms with E-state index in [-0.39, 0.29) is 25.4 Å². The van der Waals surface area contributed by atoms with Gasteiger partial charge in [0.1, 0.15) is 18.5 Å². The summed E-state index contributed by atoms with van der Waals surface area (Å²) in [6, 6.07) is 12.7. The van der Waals surface area contributed by atoms with Gasteiger partial charge in [0.15, 0.2) is 0 Å². The van der Waals surface area contributed by atoms with Gasteiger partial charge in [-0.3, -0.25) is 9.69 Å². The summed E-state index contributed by atoms with van der Waals surface area (Å²) in [6.45, 7) is 20.1. The molecule has 1 fully saturated rings. The lowest BCUT2D eigenvalue weighted by Crippen LogP contribution is -2.38. The minimum atomic E-state index is -0.103. The quantitative estimate of drug-likeness (QED) is 0.237. The summed E-state index contributed by atoms with van der Waals surface area (Å²) < 4.78 is 5.90. The zero-order valence-corrected chi connectivity index (χ0v) is 27.5. The number of amides is 1. The molecule has 1 amide bonds. The standard InChI is InChI=1S/C24H28ClN5O.C9H14N2O.H2S/c25-19-8-4-6-17-7-5-9-21(22(17)19)30-13-10-18-20(16-30)27-24(28-23(18)26)31-15-14-29-11-2-1-3-12-29;1-5-9(12)11(6-2)8(3)7-10-4;/h4-9H,1-3,10-16H2,(H2,26,27,28);5,8H,1,6-7H2,2-3H3;1H2/t;8-;/m.1./s1. The normalized spacial score (nSPS) is 15.1. The Bertz CT molecular complexity index is 1450. The van der Waals surface area contributed by atoms with E-state index in [2.05, 4.69) is 50.5 Å². The van der Waals surface area contributed by atoms with Crippen molar-refractivity contribution >= 4 is 53.3 Å². The number of halogens is 1. The first-order valence-electron chi connectivity index (χ1n) is 15.0. The van der Waals surface area contributed by atoms with E-state index in [9.17, 15) is 4.79 Å². The van der Waals surface area contributed by atoms with Gasteiger partial charge in [-0.1, -0.05) is 48.9 Å². The minimum Gasteiger partial charge on any atom is -0.462 e. The molecular formula is C33H44ClN7O2S. The van der Waals surface area contributed by atoms with Crippen LogP contribution in [0.2, 0.25) is 5.02 Å². The predicted molar refractivity (Wildman–Crippen MR) is 185 cm³/mol. The molecule has 0 spiro atoms. The highest BCUT2D eigenvalue weighted by atomic mass is 35.5. The number of rotatable bonds is 9. The molecule has 0 bridgehead atoms. The Balaban J connectivity index is 0.000000349. The van der Waals surface area contributed by atoms with Crippen LogP contribution in [0.1, 0.15) is 44.4 Å². The van der Waals surface area contributed by atoms with Gasteiger partial charge in [-0.2, -0.15) is 23.5 Å². The van der Waals surface area contributed by atoms with Crippen molar-refractivity contribution < 1.29 is 9.53 Å². The molecule has 3 aromatic rings. The Morgan fingerprint density at radius 1 is 1.20 bits per heavy atom. The molecular weight excluding hydrogens is 594 g/mol. The van der Waals surface area contributed by atoms with Gasteiger partial charge < -0.3 is 25.1 Å². The summed E-state index contributed by atoms with van der Waals surface area (Å²) in [7, 11) is 0. The van der Waals surface area contributed by atoms with Crippen LogP contribution in [0, 0.1) is 6.57 Å². The Morgan fingerprint density at radius 3 is 2.61 bits per heavy atom. The maximum Gasteiger partial charge on any atom is 0.318 e. The predicted octanol–water partition coefficient (Wildman–Crippen LogP) is 5.73. The van der Waals surface area contributed by atoms with E-state index in [1.165, 1.54) is 25.3 Å². The summed E-state index contributed by atoms with van der Waals surface area (Å²) in [5.74, 6) is 0.433. The smallest absolute Gasteiger partial charge is 0.318 e. The average molecular weight is 638 g/mol. The number of aromatic nitrogens is 2. The molecule has 236 valence electrons. The molecule has 3 heterocycles. The number of piperidine rings is 1. The molecule has 0 radical (unpaired) electrons. The third kappa shape index (κ3) is 8.78. The topological polar surface area (TPSA) is 92.2 Å². The summed E-state index contributed by atoms with van der Waals surface area (Å²) in [5.41, 5.74) is 9.37. The molecule has 1 saturated heterocycles. The number of nitrogens with zero attached hydrogens (tertiary/aromatic N) is 6. The van der Waals surface area contributed by atoms with Gasteiger partial charge in [-0.15, -0.1) is 0 Å². The van der Waals surface area contributed by atoms with Crippen LogP contribution in [0.4, 0.5) is 11.5 Å². The number of benzene rings is 2. The van der Waals surface area contributed by atoms with Crippen molar-refractivity contribution in [1.82, 2.24) is 19.8 Å². The zero-order valence-electron chi connectivity index (χ0n) is 25.8. The molecule has 9 nitrogen and oxygen atoms in total. The fraction of sp³-hybridized carbons (Fsp3) is 0.455. The lowest BCUT2D eigenvalue weighted by atomic mass is 10.0. The van der Waals surface area contributed by atoms with Crippen LogP contribution in [-0.4, -0.2) is 77.6 Å². The highest BCUT2D eigenvalue weighted by molar-refractivity contribution is 7.59. The molecule has 2 aliphatic heterocycles. The number of hydrogen-bond acceptors (Lipinski definition) is 7. The van der Waals surface area contributed by atoms with Gasteiger partial charge >= 0.3 is 6.01 Å². The number of anilines is 2. The highest BCUT2D eigenvalue weighted by Crippen LogP contribution is 2.35. The number of fused-ring (bicyclic) bond motifs is 2. The Hall–Kier alpha value is -3.52. The van der Waals surface area contributed by atoms with Gasteiger partial charge in [0, 0.05) is 36.3 Å². The van der Waals surface area contributed by atoms with E-state index in [0.29, 0.717) is 38.1 Å². The van der Waals surface area contributed by atoms with Crippen LogP contribution >= 0.6 is 25.1 Å². The van der Waals surface area contributed by atoms with Crippen LogP contribution in [0.25, 0.3) is 15.6 Å². The van der Waals surface area contributed by atoms with Crippen molar-refractivity contribution in [2.24, 2.45) is 0 Å². The van der Waals surface area contributed by atoms with Crippen molar-refractivity contribution in [3.05, 3.63) is 76.8 Å². The number of hydrogen-bond donors (Lipinski definition) is 1. The van der Waals surface area contributed by atoms with Gasteiger partial charge in [0.05, 0.1) is 17.3 Å². The maximum absolute atomic E-state index is 11.2. The van der Waals surface area contributed by atoms with Gasteiger partial charge in [-0.25, -0.2) is 6.57 Å². The zero-order chi connectivity index (χ0) is 30.8. The van der Waals surface area contributed by atoms with Crippen LogP contribution in [0.3, 0.4) is 0 Å². The highest BCUT2D eigenvalue weighted by Gasteiger charge is 2.24. The largest absolute Gasteiger partial charge is 0.462 e. The minimum absolute atomic E-state index is 0. The second-order valence-electron chi connectivity index (χ2n) is 10.9. The molecule has 5 rings (SSSR count). The first-order chi connectivity index (χ1) is 20.9. The van der Waals surface area contributed by atoms with Crippen LogP contribution in [0.15, 0.2) is 49.1 Å². The molecule has 2 aromatic carbocycles. The number of carbonyl (C=O) groups excluding carboxylic acids is 1. The third-order valence-corrected chi connectivity index (χ3v) is 8.34. The summed E-state index contributed by atoms with van der Waals surface area (Å²) in [6.07, 6.45) is 5.97. The molecule has 0 saturated carbocycles.